The Morgan fingerprint density at radius 3 is 2.72 bits per heavy atom. The minimum atomic E-state index is -3.43. The number of aryl methyl sites for hydroxylation is 1. The first kappa shape index (κ1) is 17.6. The van der Waals surface area contributed by atoms with Crippen LogP contribution in [0.2, 0.25) is 0 Å². The minimum Gasteiger partial charge on any atom is -0.337 e. The Balaban J connectivity index is 1.64. The van der Waals surface area contributed by atoms with E-state index in [1.807, 2.05) is 28.9 Å². The Morgan fingerprint density at radius 1 is 1.24 bits per heavy atom. The number of fused-ring (bicyclic) bond motifs is 1. The molecule has 2 aromatic rings. The molecule has 1 amide bonds. The van der Waals surface area contributed by atoms with Gasteiger partial charge < -0.3 is 4.90 Å². The van der Waals surface area contributed by atoms with Gasteiger partial charge in [0.05, 0.1) is 30.2 Å². The van der Waals surface area contributed by atoms with Crippen LogP contribution in [0.4, 0.5) is 0 Å². The standard InChI is InChI=1S/C17H22N4O3S/c1-14(22)20-8-5-9-21-17(12-20)10-16(19-21)11-18-25(23,24)13-15-6-3-2-4-7-15/h2-4,6-7,10,18H,5,8-9,11-13H2,1H3. The monoisotopic (exact) mass is 362 g/mol. The number of carbonyl (C=O) groups is 1. The molecule has 7 nitrogen and oxygen atoms in total. The van der Waals surface area contributed by atoms with E-state index in [1.54, 1.807) is 24.0 Å². The lowest BCUT2D eigenvalue weighted by Crippen LogP contribution is -2.28. The van der Waals surface area contributed by atoms with Crippen molar-refractivity contribution >= 4 is 15.9 Å². The zero-order valence-corrected chi connectivity index (χ0v) is 15.0. The summed E-state index contributed by atoms with van der Waals surface area (Å²) >= 11 is 0. The van der Waals surface area contributed by atoms with Crippen molar-refractivity contribution in [3.8, 4) is 0 Å². The highest BCUT2D eigenvalue weighted by molar-refractivity contribution is 7.88. The summed E-state index contributed by atoms with van der Waals surface area (Å²) in [4.78, 5) is 13.4. The maximum atomic E-state index is 12.2. The maximum absolute atomic E-state index is 12.2. The molecule has 0 fully saturated rings. The van der Waals surface area contributed by atoms with Crippen molar-refractivity contribution in [2.45, 2.75) is 38.7 Å². The van der Waals surface area contributed by atoms with Crippen LogP contribution in [0.15, 0.2) is 36.4 Å². The predicted molar refractivity (Wildman–Crippen MR) is 93.8 cm³/mol. The Morgan fingerprint density at radius 2 is 2.00 bits per heavy atom. The number of hydrogen-bond acceptors (Lipinski definition) is 4. The van der Waals surface area contributed by atoms with Crippen molar-refractivity contribution in [1.29, 1.82) is 0 Å². The van der Waals surface area contributed by atoms with Crippen LogP contribution in [-0.4, -0.2) is 35.6 Å². The van der Waals surface area contributed by atoms with Crippen LogP contribution in [0.3, 0.4) is 0 Å². The average Bonchev–Trinajstić information content (AvgIpc) is 2.84. The van der Waals surface area contributed by atoms with Crippen LogP contribution in [-0.2, 0) is 40.2 Å². The maximum Gasteiger partial charge on any atom is 0.219 e. The summed E-state index contributed by atoms with van der Waals surface area (Å²) in [6, 6.07) is 10.9. The van der Waals surface area contributed by atoms with Crippen LogP contribution >= 0.6 is 0 Å². The topological polar surface area (TPSA) is 84.3 Å². The fraction of sp³-hybridized carbons (Fsp3) is 0.412. The molecule has 0 saturated heterocycles. The van der Waals surface area contributed by atoms with E-state index in [9.17, 15) is 13.2 Å². The van der Waals surface area contributed by atoms with Gasteiger partial charge in [-0.05, 0) is 18.1 Å². The lowest BCUT2D eigenvalue weighted by atomic mass is 10.2. The smallest absolute Gasteiger partial charge is 0.219 e. The number of aromatic nitrogens is 2. The van der Waals surface area contributed by atoms with Crippen molar-refractivity contribution in [2.75, 3.05) is 6.54 Å². The van der Waals surface area contributed by atoms with Gasteiger partial charge in [-0.25, -0.2) is 13.1 Å². The first-order chi connectivity index (χ1) is 11.9. The summed E-state index contributed by atoms with van der Waals surface area (Å²) < 4.78 is 28.9. The summed E-state index contributed by atoms with van der Waals surface area (Å²) in [5.74, 6) is -0.0146. The molecule has 1 aliphatic heterocycles. The number of rotatable bonds is 5. The molecule has 0 unspecified atom stereocenters. The van der Waals surface area contributed by atoms with Crippen LogP contribution in [0.5, 0.6) is 0 Å². The van der Waals surface area contributed by atoms with Crippen LogP contribution in [0, 0.1) is 0 Å². The third-order valence-electron chi connectivity index (χ3n) is 4.18. The molecule has 25 heavy (non-hydrogen) atoms. The summed E-state index contributed by atoms with van der Waals surface area (Å²) in [6.07, 6.45) is 0.841. The minimum absolute atomic E-state index is 0.0414. The molecule has 1 aromatic carbocycles. The van der Waals surface area contributed by atoms with Gasteiger partial charge in [0, 0.05) is 20.0 Å². The van der Waals surface area contributed by atoms with Crippen molar-refractivity contribution in [3.05, 3.63) is 53.3 Å². The molecular weight excluding hydrogens is 340 g/mol. The van der Waals surface area contributed by atoms with Gasteiger partial charge in [0.1, 0.15) is 0 Å². The second-order valence-corrected chi connectivity index (χ2v) is 8.02. The van der Waals surface area contributed by atoms with Crippen LogP contribution in [0.25, 0.3) is 0 Å². The highest BCUT2D eigenvalue weighted by Gasteiger charge is 2.19. The molecular formula is C17H22N4O3S. The van der Waals surface area contributed by atoms with E-state index >= 15 is 0 Å². The van der Waals surface area contributed by atoms with Gasteiger partial charge in [-0.3, -0.25) is 9.48 Å². The molecule has 0 bridgehead atoms. The number of amides is 1. The number of sulfonamides is 1. The van der Waals surface area contributed by atoms with Crippen LogP contribution in [0.1, 0.15) is 30.3 Å². The normalized spacial score (nSPS) is 14.8. The number of hydrogen-bond donors (Lipinski definition) is 1. The summed E-state index contributed by atoms with van der Waals surface area (Å²) in [5.41, 5.74) is 2.34. The van der Waals surface area contributed by atoms with E-state index in [0.29, 0.717) is 12.2 Å². The SMILES string of the molecule is CC(=O)N1CCCn2nc(CNS(=O)(=O)Cc3ccccc3)cc2C1. The van der Waals surface area contributed by atoms with E-state index in [2.05, 4.69) is 9.82 Å². The molecule has 3 rings (SSSR count). The Labute approximate surface area is 147 Å². The Hall–Kier alpha value is -2.19. The number of nitrogens with one attached hydrogen (secondary N) is 1. The first-order valence-corrected chi connectivity index (χ1v) is 9.90. The van der Waals surface area contributed by atoms with Crippen molar-refractivity contribution < 1.29 is 13.2 Å². The summed E-state index contributed by atoms with van der Waals surface area (Å²) in [6.45, 7) is 3.67. The summed E-state index contributed by atoms with van der Waals surface area (Å²) in [7, 11) is -3.43. The number of carbonyl (C=O) groups excluding carboxylic acids is 1. The molecule has 0 radical (unpaired) electrons. The highest BCUT2D eigenvalue weighted by atomic mass is 32.2. The number of benzene rings is 1. The quantitative estimate of drug-likeness (QED) is 0.868. The van der Waals surface area contributed by atoms with Crippen molar-refractivity contribution in [1.82, 2.24) is 19.4 Å². The Bertz CT molecular complexity index is 846. The van der Waals surface area contributed by atoms with Crippen LogP contribution < -0.4 is 4.72 Å². The fourth-order valence-corrected chi connectivity index (χ4v) is 4.01. The second kappa shape index (κ2) is 7.37. The molecule has 8 heteroatoms. The van der Waals surface area contributed by atoms with Gasteiger partial charge in [0.25, 0.3) is 0 Å². The van der Waals surface area contributed by atoms with E-state index < -0.39 is 10.0 Å². The molecule has 1 aromatic heterocycles. The average molecular weight is 362 g/mol. The van der Waals surface area contributed by atoms with Crippen molar-refractivity contribution in [3.63, 3.8) is 0 Å². The lowest BCUT2D eigenvalue weighted by Gasteiger charge is -2.17. The van der Waals surface area contributed by atoms with Gasteiger partial charge in [-0.2, -0.15) is 5.10 Å². The molecule has 1 N–H and O–H groups in total. The zero-order valence-electron chi connectivity index (χ0n) is 14.2. The fourth-order valence-electron chi connectivity index (χ4n) is 2.91. The van der Waals surface area contributed by atoms with Gasteiger partial charge in [-0.1, -0.05) is 30.3 Å². The Kier molecular flexibility index (Phi) is 5.19. The number of nitrogens with zero attached hydrogens (tertiary/aromatic N) is 3. The molecule has 0 atom stereocenters. The van der Waals surface area contributed by atoms with Gasteiger partial charge >= 0.3 is 0 Å². The van der Waals surface area contributed by atoms with Gasteiger partial charge in [0.2, 0.25) is 15.9 Å². The molecule has 1 aliphatic rings. The van der Waals surface area contributed by atoms with E-state index in [1.165, 1.54) is 0 Å². The van der Waals surface area contributed by atoms with Gasteiger partial charge in [-0.15, -0.1) is 0 Å². The molecule has 0 aliphatic carbocycles. The van der Waals surface area contributed by atoms with E-state index in [4.69, 9.17) is 0 Å². The first-order valence-electron chi connectivity index (χ1n) is 8.25. The largest absolute Gasteiger partial charge is 0.337 e. The van der Waals surface area contributed by atoms with E-state index in [-0.39, 0.29) is 18.2 Å². The molecule has 134 valence electrons. The predicted octanol–water partition coefficient (Wildman–Crippen LogP) is 1.25. The molecule has 0 saturated carbocycles. The van der Waals surface area contributed by atoms with Gasteiger partial charge in [0.15, 0.2) is 0 Å². The third kappa shape index (κ3) is 4.67. The third-order valence-corrected chi connectivity index (χ3v) is 5.48. The van der Waals surface area contributed by atoms with E-state index in [0.717, 1.165) is 30.8 Å². The summed E-state index contributed by atoms with van der Waals surface area (Å²) in [5, 5.41) is 4.47. The molecule has 2 heterocycles. The molecule has 0 spiro atoms. The lowest BCUT2D eigenvalue weighted by molar-refractivity contribution is -0.129. The second-order valence-electron chi connectivity index (χ2n) is 6.21. The highest BCUT2D eigenvalue weighted by Crippen LogP contribution is 2.14. The zero-order chi connectivity index (χ0) is 17.9. The van der Waals surface area contributed by atoms with Crippen molar-refractivity contribution in [2.24, 2.45) is 0 Å².